The predicted molar refractivity (Wildman–Crippen MR) is 54.2 cm³/mol. The molecule has 0 saturated heterocycles. The number of hydrogen-bond acceptors (Lipinski definition) is 2. The fraction of sp³-hybridized carbons (Fsp3) is 0.364. The van der Waals surface area contributed by atoms with E-state index in [0.717, 1.165) is 23.0 Å². The highest BCUT2D eigenvalue weighted by Crippen LogP contribution is 2.07. The highest BCUT2D eigenvalue weighted by atomic mass is 16.4. The quantitative estimate of drug-likeness (QED) is 0.620. The van der Waals surface area contributed by atoms with Crippen LogP contribution in [-0.4, -0.2) is 20.5 Å². The molecule has 2 heteroatoms. The molecule has 0 unspecified atom stereocenters. The molecule has 0 spiro atoms. The molecule has 72 valence electrons. The highest BCUT2D eigenvalue weighted by Gasteiger charge is 1.94. The van der Waals surface area contributed by atoms with Gasteiger partial charge in [0.1, 0.15) is 6.29 Å². The van der Waals surface area contributed by atoms with Crippen LogP contribution in [0.25, 0.3) is 0 Å². The first kappa shape index (κ1) is 11.8. The van der Waals surface area contributed by atoms with E-state index in [1.807, 2.05) is 32.0 Å². The lowest BCUT2D eigenvalue weighted by Gasteiger charge is -1.97. The summed E-state index contributed by atoms with van der Waals surface area (Å²) in [6, 6.07) is 5.85. The summed E-state index contributed by atoms with van der Waals surface area (Å²) in [4.78, 5) is 10.4. The van der Waals surface area contributed by atoms with E-state index in [1.165, 1.54) is 0 Å². The summed E-state index contributed by atoms with van der Waals surface area (Å²) in [6.07, 6.45) is 0.891. The molecule has 13 heavy (non-hydrogen) atoms. The largest absolute Gasteiger partial charge is 0.388 e. The molecular formula is C11H16O2. The van der Waals surface area contributed by atoms with Gasteiger partial charge in [-0.3, -0.25) is 4.79 Å². The van der Waals surface area contributed by atoms with Crippen LogP contribution < -0.4 is 0 Å². The van der Waals surface area contributed by atoms with Gasteiger partial charge in [0, 0.05) is 19.8 Å². The third-order valence-corrected chi connectivity index (χ3v) is 1.56. The molecule has 1 aromatic rings. The minimum absolute atomic E-state index is 0.792. The van der Waals surface area contributed by atoms with Crippen LogP contribution in [0.1, 0.15) is 21.5 Å². The van der Waals surface area contributed by atoms with Crippen molar-refractivity contribution in [3.8, 4) is 0 Å². The van der Waals surface area contributed by atoms with Crippen molar-refractivity contribution in [3.05, 3.63) is 34.9 Å². The Morgan fingerprint density at radius 3 is 2.15 bits per heavy atom. The molecule has 0 atom stereocenters. The van der Waals surface area contributed by atoms with Gasteiger partial charge in [0.05, 0.1) is 0 Å². The maximum Gasteiger partial charge on any atom is 0.150 e. The monoisotopic (exact) mass is 180 g/mol. The van der Waals surface area contributed by atoms with Crippen molar-refractivity contribution in [1.29, 1.82) is 0 Å². The van der Waals surface area contributed by atoms with Crippen molar-refractivity contribution in [2.24, 2.45) is 0 Å². The Morgan fingerprint density at radius 2 is 1.77 bits per heavy atom. The van der Waals surface area contributed by atoms with Crippen LogP contribution in [0.15, 0.2) is 18.2 Å². The lowest BCUT2D eigenvalue weighted by Crippen LogP contribution is -1.85. The van der Waals surface area contributed by atoms with E-state index in [1.54, 1.807) is 14.2 Å². The Labute approximate surface area is 79.5 Å². The standard InChI is InChI=1S/C9H10O.C2H6O/c1-7-3-4-8(2)9(5-7)6-10;1-3-2/h3-6H,1-2H3;1-2H3. The second kappa shape index (κ2) is 6.38. The van der Waals surface area contributed by atoms with Gasteiger partial charge in [0.25, 0.3) is 0 Å². The van der Waals surface area contributed by atoms with E-state index < -0.39 is 0 Å². The molecule has 0 saturated carbocycles. The molecule has 0 N–H and O–H groups in total. The number of methoxy groups -OCH3 is 1. The summed E-state index contributed by atoms with van der Waals surface area (Å²) in [5, 5.41) is 0. The van der Waals surface area contributed by atoms with Gasteiger partial charge in [-0.25, -0.2) is 0 Å². The number of ether oxygens (including phenoxy) is 1. The molecule has 0 heterocycles. The first-order chi connectivity index (χ1) is 6.15. The lowest BCUT2D eigenvalue weighted by atomic mass is 10.1. The maximum atomic E-state index is 10.4. The van der Waals surface area contributed by atoms with Gasteiger partial charge < -0.3 is 4.74 Å². The SMILES string of the molecule is COC.Cc1ccc(C)c(C=O)c1. The Morgan fingerprint density at radius 1 is 1.23 bits per heavy atom. The van der Waals surface area contributed by atoms with Crippen molar-refractivity contribution in [3.63, 3.8) is 0 Å². The van der Waals surface area contributed by atoms with Crippen LogP contribution in [-0.2, 0) is 4.74 Å². The van der Waals surface area contributed by atoms with E-state index >= 15 is 0 Å². The third-order valence-electron chi connectivity index (χ3n) is 1.56. The van der Waals surface area contributed by atoms with E-state index in [-0.39, 0.29) is 0 Å². The van der Waals surface area contributed by atoms with Crippen LogP contribution in [0.5, 0.6) is 0 Å². The summed E-state index contributed by atoms with van der Waals surface area (Å²) in [5.41, 5.74) is 2.97. The number of aryl methyl sites for hydroxylation is 2. The number of carbonyl (C=O) groups is 1. The van der Waals surface area contributed by atoms with Crippen molar-refractivity contribution < 1.29 is 9.53 Å². The maximum absolute atomic E-state index is 10.4. The lowest BCUT2D eigenvalue weighted by molar-refractivity contribution is 0.112. The molecule has 1 rings (SSSR count). The molecule has 0 aliphatic rings. The number of carbonyl (C=O) groups excluding carboxylic acids is 1. The van der Waals surface area contributed by atoms with Gasteiger partial charge >= 0.3 is 0 Å². The third kappa shape index (κ3) is 4.43. The van der Waals surface area contributed by atoms with Gasteiger partial charge in [-0.15, -0.1) is 0 Å². The van der Waals surface area contributed by atoms with Gasteiger partial charge in [0.2, 0.25) is 0 Å². The fourth-order valence-electron chi connectivity index (χ4n) is 0.887. The normalized spacial score (nSPS) is 8.62. The summed E-state index contributed by atoms with van der Waals surface area (Å²) >= 11 is 0. The van der Waals surface area contributed by atoms with Crippen LogP contribution in [0.2, 0.25) is 0 Å². The second-order valence-electron chi connectivity index (χ2n) is 2.89. The number of aldehydes is 1. The van der Waals surface area contributed by atoms with E-state index in [0.29, 0.717) is 0 Å². The molecule has 0 radical (unpaired) electrons. The zero-order valence-electron chi connectivity index (χ0n) is 8.63. The van der Waals surface area contributed by atoms with Gasteiger partial charge in [-0.1, -0.05) is 17.7 Å². The minimum atomic E-state index is 0.792. The molecular weight excluding hydrogens is 164 g/mol. The van der Waals surface area contributed by atoms with Crippen LogP contribution in [0.3, 0.4) is 0 Å². The molecule has 1 aromatic carbocycles. The first-order valence-electron chi connectivity index (χ1n) is 4.08. The van der Waals surface area contributed by atoms with Crippen molar-refractivity contribution in [2.75, 3.05) is 14.2 Å². The molecule has 0 aliphatic heterocycles. The molecule has 0 amide bonds. The van der Waals surface area contributed by atoms with Gasteiger partial charge in [-0.2, -0.15) is 0 Å². The van der Waals surface area contributed by atoms with Crippen LogP contribution >= 0.6 is 0 Å². The average Bonchev–Trinajstić information content (AvgIpc) is 2.10. The predicted octanol–water partition coefficient (Wildman–Crippen LogP) is 2.38. The Hall–Kier alpha value is -1.15. The van der Waals surface area contributed by atoms with Crippen molar-refractivity contribution >= 4 is 6.29 Å². The zero-order chi connectivity index (χ0) is 10.3. The van der Waals surface area contributed by atoms with E-state index in [9.17, 15) is 4.79 Å². The summed E-state index contributed by atoms with van der Waals surface area (Å²) in [7, 11) is 3.25. The Bertz CT molecular complexity index is 267. The minimum Gasteiger partial charge on any atom is -0.388 e. The van der Waals surface area contributed by atoms with Gasteiger partial charge in [-0.05, 0) is 25.5 Å². The second-order valence-corrected chi connectivity index (χ2v) is 2.89. The molecule has 0 aliphatic carbocycles. The Kier molecular flexibility index (Phi) is 5.81. The average molecular weight is 180 g/mol. The van der Waals surface area contributed by atoms with Crippen molar-refractivity contribution in [1.82, 2.24) is 0 Å². The highest BCUT2D eigenvalue weighted by molar-refractivity contribution is 5.77. The smallest absolute Gasteiger partial charge is 0.150 e. The first-order valence-corrected chi connectivity index (χ1v) is 4.08. The van der Waals surface area contributed by atoms with E-state index in [2.05, 4.69) is 4.74 Å². The zero-order valence-corrected chi connectivity index (χ0v) is 8.63. The van der Waals surface area contributed by atoms with E-state index in [4.69, 9.17) is 0 Å². The fourth-order valence-corrected chi connectivity index (χ4v) is 0.887. The summed E-state index contributed by atoms with van der Waals surface area (Å²) in [6.45, 7) is 3.91. The van der Waals surface area contributed by atoms with Crippen LogP contribution in [0.4, 0.5) is 0 Å². The summed E-state index contributed by atoms with van der Waals surface area (Å²) in [5.74, 6) is 0. The number of hydrogen-bond donors (Lipinski definition) is 0. The van der Waals surface area contributed by atoms with Crippen LogP contribution in [0, 0.1) is 13.8 Å². The number of benzene rings is 1. The summed E-state index contributed by atoms with van der Waals surface area (Å²) < 4.78 is 4.25. The molecule has 0 aromatic heterocycles. The number of rotatable bonds is 1. The van der Waals surface area contributed by atoms with Crippen molar-refractivity contribution in [2.45, 2.75) is 13.8 Å². The topological polar surface area (TPSA) is 26.3 Å². The van der Waals surface area contributed by atoms with Gasteiger partial charge in [0.15, 0.2) is 0 Å². The molecule has 0 fully saturated rings. The molecule has 0 bridgehead atoms. The Balaban J connectivity index is 0.000000424. The molecule has 2 nitrogen and oxygen atoms in total.